The van der Waals surface area contributed by atoms with E-state index in [0.29, 0.717) is 19.6 Å². The number of nitrogens with zero attached hydrogens (tertiary/aromatic N) is 1. The molecule has 0 fully saturated rings. The fraction of sp³-hybridized carbons (Fsp3) is 0.250. The molecule has 0 aliphatic heterocycles. The van der Waals surface area contributed by atoms with Gasteiger partial charge in [-0.25, -0.2) is 13.0 Å². The normalized spacial score (nSPS) is 12.1. The predicted octanol–water partition coefficient (Wildman–Crippen LogP) is 3.80. The van der Waals surface area contributed by atoms with E-state index in [-0.39, 0.29) is 11.6 Å². The van der Waals surface area contributed by atoms with Gasteiger partial charge in [0.1, 0.15) is 11.6 Å². The molecule has 0 amide bonds. The molecule has 1 atom stereocenters. The quantitative estimate of drug-likeness (QED) is 0.725. The van der Waals surface area contributed by atoms with Crippen LogP contribution in [0.4, 0.5) is 20.2 Å². The minimum Gasteiger partial charge on any atom is -0.341 e. The first-order valence-electron chi connectivity index (χ1n) is 6.81. The van der Waals surface area contributed by atoms with Gasteiger partial charge in [0.25, 0.3) is 0 Å². The van der Waals surface area contributed by atoms with Crippen LogP contribution in [-0.4, -0.2) is 23.6 Å². The zero-order valence-corrected chi connectivity index (χ0v) is 13.0. The van der Waals surface area contributed by atoms with Gasteiger partial charge in [0.15, 0.2) is 11.1 Å². The molecular weight excluding hydrogens is 308 g/mol. The molecule has 22 heavy (non-hydrogen) atoms. The van der Waals surface area contributed by atoms with E-state index in [1.807, 2.05) is 4.90 Å². The van der Waals surface area contributed by atoms with E-state index in [2.05, 4.69) is 0 Å². The standard InChI is InChI=1S/C16H17F2NO2S/c1-22(20)21-12-2-11-19(15-7-3-13(17)4-8-15)16-9-5-14(18)6-10-16/h3-10H,2,11-12H2,1H3. The Hall–Kier alpha value is -1.79. The first kappa shape index (κ1) is 16.6. The van der Waals surface area contributed by atoms with E-state index in [1.54, 1.807) is 24.3 Å². The summed E-state index contributed by atoms with van der Waals surface area (Å²) in [6.07, 6.45) is 2.10. The molecule has 2 rings (SSSR count). The number of rotatable bonds is 7. The molecule has 6 heteroatoms. The van der Waals surface area contributed by atoms with Gasteiger partial charge in [-0.3, -0.25) is 4.18 Å². The van der Waals surface area contributed by atoms with Crippen molar-refractivity contribution in [3.63, 3.8) is 0 Å². The zero-order chi connectivity index (χ0) is 15.9. The van der Waals surface area contributed by atoms with Crippen molar-refractivity contribution in [2.24, 2.45) is 0 Å². The van der Waals surface area contributed by atoms with Crippen LogP contribution >= 0.6 is 0 Å². The van der Waals surface area contributed by atoms with Gasteiger partial charge in [-0.2, -0.15) is 0 Å². The minimum atomic E-state index is -1.29. The predicted molar refractivity (Wildman–Crippen MR) is 84.4 cm³/mol. The van der Waals surface area contributed by atoms with Crippen LogP contribution in [0.1, 0.15) is 6.42 Å². The maximum Gasteiger partial charge on any atom is 0.152 e. The van der Waals surface area contributed by atoms with Crippen molar-refractivity contribution < 1.29 is 17.2 Å². The highest BCUT2D eigenvalue weighted by Crippen LogP contribution is 2.26. The highest BCUT2D eigenvalue weighted by molar-refractivity contribution is 7.79. The zero-order valence-electron chi connectivity index (χ0n) is 12.2. The number of halogens is 2. The van der Waals surface area contributed by atoms with Crippen molar-refractivity contribution in [2.75, 3.05) is 24.3 Å². The summed E-state index contributed by atoms with van der Waals surface area (Å²) in [5, 5.41) is 0. The highest BCUT2D eigenvalue weighted by Gasteiger charge is 2.10. The fourth-order valence-electron chi connectivity index (χ4n) is 2.05. The van der Waals surface area contributed by atoms with Gasteiger partial charge in [-0.15, -0.1) is 0 Å². The number of anilines is 2. The molecule has 0 aromatic heterocycles. The maximum atomic E-state index is 13.1. The van der Waals surface area contributed by atoms with Gasteiger partial charge in [0.05, 0.1) is 6.61 Å². The summed E-state index contributed by atoms with van der Waals surface area (Å²) < 4.78 is 42.1. The summed E-state index contributed by atoms with van der Waals surface area (Å²) in [6.45, 7) is 0.927. The third-order valence-electron chi connectivity index (χ3n) is 3.05. The summed E-state index contributed by atoms with van der Waals surface area (Å²) in [4.78, 5) is 1.93. The number of hydrogen-bond donors (Lipinski definition) is 0. The van der Waals surface area contributed by atoms with Crippen LogP contribution in [0.3, 0.4) is 0 Å². The molecule has 0 spiro atoms. The largest absolute Gasteiger partial charge is 0.341 e. The molecule has 0 heterocycles. The lowest BCUT2D eigenvalue weighted by Gasteiger charge is -2.25. The summed E-state index contributed by atoms with van der Waals surface area (Å²) in [5.41, 5.74) is 1.59. The van der Waals surface area contributed by atoms with E-state index in [4.69, 9.17) is 4.18 Å². The van der Waals surface area contributed by atoms with Crippen LogP contribution in [0.5, 0.6) is 0 Å². The van der Waals surface area contributed by atoms with Gasteiger partial charge in [-0.1, -0.05) is 0 Å². The summed E-state index contributed by atoms with van der Waals surface area (Å²) >= 11 is -1.29. The Morgan fingerprint density at radius 1 is 0.955 bits per heavy atom. The van der Waals surface area contributed by atoms with Crippen molar-refractivity contribution in [3.8, 4) is 0 Å². The lowest BCUT2D eigenvalue weighted by molar-refractivity contribution is 0.345. The average molecular weight is 325 g/mol. The van der Waals surface area contributed by atoms with E-state index in [9.17, 15) is 13.0 Å². The molecule has 0 aliphatic carbocycles. The van der Waals surface area contributed by atoms with Gasteiger partial charge in [0.2, 0.25) is 0 Å². The van der Waals surface area contributed by atoms with Crippen molar-refractivity contribution in [3.05, 3.63) is 60.2 Å². The van der Waals surface area contributed by atoms with Crippen molar-refractivity contribution in [2.45, 2.75) is 6.42 Å². The Labute approximate surface area is 131 Å². The van der Waals surface area contributed by atoms with Crippen molar-refractivity contribution in [1.29, 1.82) is 0 Å². The highest BCUT2D eigenvalue weighted by atomic mass is 32.2. The van der Waals surface area contributed by atoms with E-state index in [1.165, 1.54) is 30.5 Å². The topological polar surface area (TPSA) is 29.5 Å². The maximum absolute atomic E-state index is 13.1. The molecule has 1 unspecified atom stereocenters. The van der Waals surface area contributed by atoms with Gasteiger partial charge < -0.3 is 4.90 Å². The van der Waals surface area contributed by atoms with E-state index in [0.717, 1.165) is 11.4 Å². The first-order valence-corrected chi connectivity index (χ1v) is 8.30. The Morgan fingerprint density at radius 3 is 1.82 bits per heavy atom. The summed E-state index contributed by atoms with van der Waals surface area (Å²) in [7, 11) is 0. The van der Waals surface area contributed by atoms with E-state index < -0.39 is 11.1 Å². The van der Waals surface area contributed by atoms with Gasteiger partial charge >= 0.3 is 0 Å². The third kappa shape index (κ3) is 4.89. The molecule has 2 aromatic rings. The number of hydrogen-bond acceptors (Lipinski definition) is 3. The monoisotopic (exact) mass is 325 g/mol. The van der Waals surface area contributed by atoms with E-state index >= 15 is 0 Å². The Kier molecular flexibility index (Phi) is 6.03. The van der Waals surface area contributed by atoms with Crippen LogP contribution in [0.25, 0.3) is 0 Å². The van der Waals surface area contributed by atoms with Gasteiger partial charge in [0, 0.05) is 24.2 Å². The molecule has 0 saturated heterocycles. The summed E-state index contributed by atoms with van der Waals surface area (Å²) in [6, 6.07) is 12.2. The second-order valence-electron chi connectivity index (χ2n) is 4.68. The number of benzene rings is 2. The molecule has 0 N–H and O–H groups in total. The SMILES string of the molecule is CS(=O)OCCCN(c1ccc(F)cc1)c1ccc(F)cc1. The molecule has 118 valence electrons. The van der Waals surface area contributed by atoms with Gasteiger partial charge in [-0.05, 0) is 55.0 Å². The molecule has 0 bridgehead atoms. The van der Waals surface area contributed by atoms with Crippen LogP contribution in [0, 0.1) is 11.6 Å². The first-order chi connectivity index (χ1) is 10.6. The van der Waals surface area contributed by atoms with Crippen LogP contribution < -0.4 is 4.90 Å². The molecule has 3 nitrogen and oxygen atoms in total. The third-order valence-corrected chi connectivity index (χ3v) is 3.55. The molecule has 2 aromatic carbocycles. The molecular formula is C16H17F2NO2S. The Bertz CT molecular complexity index is 572. The van der Waals surface area contributed by atoms with Crippen molar-refractivity contribution in [1.82, 2.24) is 0 Å². The molecule has 0 saturated carbocycles. The average Bonchev–Trinajstić information content (AvgIpc) is 2.50. The second-order valence-corrected chi connectivity index (χ2v) is 5.72. The van der Waals surface area contributed by atoms with Crippen LogP contribution in [0.2, 0.25) is 0 Å². The Balaban J connectivity index is 2.14. The Morgan fingerprint density at radius 2 is 1.41 bits per heavy atom. The van der Waals surface area contributed by atoms with Crippen LogP contribution in [0.15, 0.2) is 48.5 Å². The fourth-order valence-corrected chi connectivity index (χ4v) is 2.40. The molecule has 0 aliphatic rings. The minimum absolute atomic E-state index is 0.312. The molecule has 0 radical (unpaired) electrons. The second kappa shape index (κ2) is 8.00. The lowest BCUT2D eigenvalue weighted by Crippen LogP contribution is -2.20. The van der Waals surface area contributed by atoms with Crippen molar-refractivity contribution >= 4 is 22.5 Å². The van der Waals surface area contributed by atoms with Crippen LogP contribution in [-0.2, 0) is 15.3 Å². The summed E-state index contributed by atoms with van der Waals surface area (Å²) in [5.74, 6) is -0.625. The lowest BCUT2D eigenvalue weighted by atomic mass is 10.2. The smallest absolute Gasteiger partial charge is 0.152 e.